The summed E-state index contributed by atoms with van der Waals surface area (Å²) >= 11 is 0. The van der Waals surface area contributed by atoms with E-state index < -0.39 is 11.7 Å². The highest BCUT2D eigenvalue weighted by molar-refractivity contribution is 6.06. The Morgan fingerprint density at radius 2 is 2.15 bits per heavy atom. The molecule has 0 aliphatic carbocycles. The molecule has 1 aromatic carbocycles. The molecule has 5 nitrogen and oxygen atoms in total. The van der Waals surface area contributed by atoms with Crippen LogP contribution in [0.1, 0.15) is 13.3 Å². The first-order valence-electron chi connectivity index (χ1n) is 6.14. The van der Waals surface area contributed by atoms with Crippen LogP contribution in [0.2, 0.25) is 0 Å². The molecular formula is C14H16FN3O2. The quantitative estimate of drug-likeness (QED) is 0.544. The van der Waals surface area contributed by atoms with Crippen LogP contribution in [0.5, 0.6) is 0 Å². The van der Waals surface area contributed by atoms with Crippen molar-refractivity contribution in [2.45, 2.75) is 19.4 Å². The molecule has 0 aromatic heterocycles. The lowest BCUT2D eigenvalue weighted by Crippen LogP contribution is -2.28. The van der Waals surface area contributed by atoms with Crippen molar-refractivity contribution >= 4 is 11.6 Å². The molecule has 1 unspecified atom stereocenters. The summed E-state index contributed by atoms with van der Waals surface area (Å²) < 4.78 is 12.7. The van der Waals surface area contributed by atoms with E-state index in [9.17, 15) is 9.18 Å². The largest absolute Gasteiger partial charge is 0.394 e. The average Bonchev–Trinajstić information content (AvgIpc) is 2.46. The predicted molar refractivity (Wildman–Crippen MR) is 73.0 cm³/mol. The minimum atomic E-state index is -0.598. The van der Waals surface area contributed by atoms with Crippen LogP contribution in [-0.2, 0) is 4.79 Å². The van der Waals surface area contributed by atoms with Crippen LogP contribution in [-0.4, -0.2) is 23.7 Å². The Balaban J connectivity index is 2.70. The minimum absolute atomic E-state index is 0.0920. The maximum absolute atomic E-state index is 12.7. The third kappa shape index (κ3) is 4.71. The number of anilines is 1. The Labute approximate surface area is 116 Å². The summed E-state index contributed by atoms with van der Waals surface area (Å²) in [6.45, 7) is 1.78. The molecule has 0 saturated carbocycles. The molecule has 1 atom stereocenters. The number of amides is 1. The number of aliphatic hydroxyl groups is 1. The number of nitrogens with zero attached hydrogens (tertiary/aromatic N) is 1. The number of carbonyl (C=O) groups is 1. The number of hydrogen-bond acceptors (Lipinski definition) is 4. The predicted octanol–water partition coefficient (Wildman–Crippen LogP) is 1.53. The number of nitriles is 1. The second-order valence-electron chi connectivity index (χ2n) is 4.09. The Morgan fingerprint density at radius 3 is 2.65 bits per heavy atom. The number of nitrogens with one attached hydrogen (secondary N) is 2. The lowest BCUT2D eigenvalue weighted by Gasteiger charge is -2.12. The maximum atomic E-state index is 12.7. The summed E-state index contributed by atoms with van der Waals surface area (Å²) in [6, 6.07) is 6.78. The van der Waals surface area contributed by atoms with E-state index in [0.717, 1.165) is 0 Å². The Kier molecular flexibility index (Phi) is 6.20. The molecule has 0 bridgehead atoms. The van der Waals surface area contributed by atoms with E-state index in [0.29, 0.717) is 12.1 Å². The van der Waals surface area contributed by atoms with Gasteiger partial charge in [0.15, 0.2) is 0 Å². The first kappa shape index (κ1) is 15.7. The number of carbonyl (C=O) groups excluding carboxylic acids is 1. The molecule has 1 aromatic rings. The molecule has 3 N–H and O–H groups in total. The minimum Gasteiger partial charge on any atom is -0.394 e. The summed E-state index contributed by atoms with van der Waals surface area (Å²) in [7, 11) is 0. The van der Waals surface area contributed by atoms with Gasteiger partial charge in [-0.25, -0.2) is 4.39 Å². The maximum Gasteiger partial charge on any atom is 0.267 e. The molecule has 0 spiro atoms. The zero-order valence-corrected chi connectivity index (χ0v) is 11.1. The monoisotopic (exact) mass is 277 g/mol. The highest BCUT2D eigenvalue weighted by Crippen LogP contribution is 2.09. The van der Waals surface area contributed by atoms with Crippen molar-refractivity contribution < 1.29 is 14.3 Å². The van der Waals surface area contributed by atoms with Gasteiger partial charge >= 0.3 is 0 Å². The molecule has 6 heteroatoms. The summed E-state index contributed by atoms with van der Waals surface area (Å²) in [5.74, 6) is -1.01. The van der Waals surface area contributed by atoms with Crippen molar-refractivity contribution in [1.29, 1.82) is 5.26 Å². The third-order valence-electron chi connectivity index (χ3n) is 2.64. The molecule has 1 amide bonds. The molecule has 20 heavy (non-hydrogen) atoms. The lowest BCUT2D eigenvalue weighted by atomic mass is 10.2. The molecule has 0 heterocycles. The normalized spacial score (nSPS) is 12.4. The number of benzene rings is 1. The van der Waals surface area contributed by atoms with E-state index in [1.54, 1.807) is 6.07 Å². The molecular weight excluding hydrogens is 261 g/mol. The lowest BCUT2D eigenvalue weighted by molar-refractivity contribution is -0.112. The summed E-state index contributed by atoms with van der Waals surface area (Å²) in [6.07, 6.45) is 1.93. The zero-order valence-electron chi connectivity index (χ0n) is 11.1. The van der Waals surface area contributed by atoms with E-state index in [-0.39, 0.29) is 18.2 Å². The number of rotatable bonds is 6. The average molecular weight is 277 g/mol. The second-order valence-corrected chi connectivity index (χ2v) is 4.09. The molecule has 1 rings (SSSR count). The van der Waals surface area contributed by atoms with Crippen molar-refractivity contribution in [3.63, 3.8) is 0 Å². The van der Waals surface area contributed by atoms with Crippen molar-refractivity contribution in [2.24, 2.45) is 0 Å². The van der Waals surface area contributed by atoms with Crippen molar-refractivity contribution in [2.75, 3.05) is 11.9 Å². The fourth-order valence-electron chi connectivity index (χ4n) is 1.38. The van der Waals surface area contributed by atoms with Gasteiger partial charge in [0.2, 0.25) is 0 Å². The topological polar surface area (TPSA) is 85.2 Å². The molecule has 0 aliphatic heterocycles. The van der Waals surface area contributed by atoms with Gasteiger partial charge in [-0.15, -0.1) is 0 Å². The number of hydrogen-bond donors (Lipinski definition) is 3. The fourth-order valence-corrected chi connectivity index (χ4v) is 1.38. The van der Waals surface area contributed by atoms with E-state index in [1.165, 1.54) is 30.5 Å². The summed E-state index contributed by atoms with van der Waals surface area (Å²) in [4.78, 5) is 11.8. The van der Waals surface area contributed by atoms with Crippen LogP contribution < -0.4 is 10.6 Å². The molecule has 0 fully saturated rings. The van der Waals surface area contributed by atoms with Crippen LogP contribution in [0.15, 0.2) is 36.0 Å². The standard InChI is InChI=1S/C14H16FN3O2/c1-2-12(9-19)17-8-10(7-16)14(20)18-13-5-3-11(15)4-6-13/h3-6,8,12,17,19H,2,9H2,1H3,(H,18,20)/b10-8-. The van der Waals surface area contributed by atoms with Crippen molar-refractivity contribution in [3.8, 4) is 6.07 Å². The summed E-state index contributed by atoms with van der Waals surface area (Å²) in [5, 5.41) is 23.2. The Morgan fingerprint density at radius 1 is 1.50 bits per heavy atom. The number of halogens is 1. The van der Waals surface area contributed by atoms with E-state index in [2.05, 4.69) is 10.6 Å². The highest BCUT2D eigenvalue weighted by Gasteiger charge is 2.10. The van der Waals surface area contributed by atoms with Crippen LogP contribution in [0, 0.1) is 17.1 Å². The van der Waals surface area contributed by atoms with Gasteiger partial charge in [-0.3, -0.25) is 4.79 Å². The SMILES string of the molecule is CCC(CO)N/C=C(/C#N)C(=O)Nc1ccc(F)cc1. The first-order chi connectivity index (χ1) is 9.60. The first-order valence-corrected chi connectivity index (χ1v) is 6.14. The Hall–Kier alpha value is -2.39. The number of aliphatic hydroxyl groups excluding tert-OH is 1. The fraction of sp³-hybridized carbons (Fsp3) is 0.286. The molecule has 0 aliphatic rings. The van der Waals surface area contributed by atoms with E-state index in [1.807, 2.05) is 6.92 Å². The molecule has 0 radical (unpaired) electrons. The van der Waals surface area contributed by atoms with Gasteiger partial charge in [0, 0.05) is 17.9 Å². The van der Waals surface area contributed by atoms with E-state index >= 15 is 0 Å². The van der Waals surface area contributed by atoms with Gasteiger partial charge < -0.3 is 15.7 Å². The van der Waals surface area contributed by atoms with Crippen molar-refractivity contribution in [1.82, 2.24) is 5.32 Å². The van der Waals surface area contributed by atoms with Gasteiger partial charge in [0.25, 0.3) is 5.91 Å². The zero-order chi connectivity index (χ0) is 15.0. The summed E-state index contributed by atoms with van der Waals surface area (Å²) in [5.41, 5.74) is 0.271. The Bertz CT molecular complexity index is 516. The smallest absolute Gasteiger partial charge is 0.267 e. The van der Waals surface area contributed by atoms with Crippen LogP contribution in [0.3, 0.4) is 0 Å². The van der Waals surface area contributed by atoms with Crippen LogP contribution in [0.25, 0.3) is 0 Å². The van der Waals surface area contributed by atoms with Gasteiger partial charge in [-0.2, -0.15) is 5.26 Å². The van der Waals surface area contributed by atoms with Crippen molar-refractivity contribution in [3.05, 3.63) is 41.9 Å². The van der Waals surface area contributed by atoms with Crippen LogP contribution in [0.4, 0.5) is 10.1 Å². The third-order valence-corrected chi connectivity index (χ3v) is 2.64. The highest BCUT2D eigenvalue weighted by atomic mass is 19.1. The second kappa shape index (κ2) is 7.92. The van der Waals surface area contributed by atoms with E-state index in [4.69, 9.17) is 10.4 Å². The molecule has 106 valence electrons. The van der Waals surface area contributed by atoms with Gasteiger partial charge in [0.1, 0.15) is 17.5 Å². The molecule has 0 saturated heterocycles. The van der Waals surface area contributed by atoms with Gasteiger partial charge in [0.05, 0.1) is 6.61 Å². The van der Waals surface area contributed by atoms with Gasteiger partial charge in [-0.1, -0.05) is 6.92 Å². The van der Waals surface area contributed by atoms with Crippen LogP contribution >= 0.6 is 0 Å². The van der Waals surface area contributed by atoms with Gasteiger partial charge in [-0.05, 0) is 30.7 Å².